The highest BCUT2D eigenvalue weighted by Crippen LogP contribution is 2.28. The summed E-state index contributed by atoms with van der Waals surface area (Å²) in [7, 11) is 1.74. The molecule has 1 heterocycles. The Morgan fingerprint density at radius 1 is 1.03 bits per heavy atom. The van der Waals surface area contributed by atoms with Crippen molar-refractivity contribution in [1.82, 2.24) is 15.1 Å². The number of amides is 2. The minimum Gasteiger partial charge on any atom is -0.463 e. The summed E-state index contributed by atoms with van der Waals surface area (Å²) >= 11 is 0. The number of esters is 1. The second-order valence-electron chi connectivity index (χ2n) is 10.3. The van der Waals surface area contributed by atoms with E-state index >= 15 is 0 Å². The number of likely N-dealkylation sites (tertiary alicyclic amines) is 1. The molecular formula is C28H51N3O4. The van der Waals surface area contributed by atoms with Crippen LogP contribution in [0.2, 0.25) is 0 Å². The van der Waals surface area contributed by atoms with Crippen LogP contribution in [-0.4, -0.2) is 72.5 Å². The van der Waals surface area contributed by atoms with Crippen LogP contribution in [0.5, 0.6) is 0 Å². The van der Waals surface area contributed by atoms with Crippen molar-refractivity contribution < 1.29 is 19.1 Å². The van der Waals surface area contributed by atoms with Gasteiger partial charge in [0.15, 0.2) is 0 Å². The summed E-state index contributed by atoms with van der Waals surface area (Å²) in [4.78, 5) is 42.5. The SMILES string of the molecule is CCC.CCOC(=O)/C(C)=C/CN(C)C(=O)C(NC(=O)C1CCCCN1C(C)C)C1CCCCC1. The van der Waals surface area contributed by atoms with E-state index in [9.17, 15) is 14.4 Å². The van der Waals surface area contributed by atoms with Crippen molar-refractivity contribution in [2.75, 3.05) is 26.7 Å². The third-order valence-corrected chi connectivity index (χ3v) is 6.84. The van der Waals surface area contributed by atoms with Crippen LogP contribution in [0.1, 0.15) is 99.3 Å². The maximum Gasteiger partial charge on any atom is 0.333 e. The van der Waals surface area contributed by atoms with E-state index < -0.39 is 6.04 Å². The number of carbonyl (C=O) groups is 3. The molecule has 7 heteroatoms. The molecular weight excluding hydrogens is 442 g/mol. The molecule has 1 N–H and O–H groups in total. The molecule has 1 aliphatic carbocycles. The summed E-state index contributed by atoms with van der Waals surface area (Å²) in [5, 5.41) is 3.17. The maximum atomic E-state index is 13.4. The molecule has 0 aromatic rings. The largest absolute Gasteiger partial charge is 0.463 e. The van der Waals surface area contributed by atoms with Crippen molar-refractivity contribution in [2.45, 2.75) is 117 Å². The van der Waals surface area contributed by atoms with Crippen LogP contribution < -0.4 is 5.32 Å². The van der Waals surface area contributed by atoms with Gasteiger partial charge in [-0.25, -0.2) is 4.79 Å². The van der Waals surface area contributed by atoms with Crippen molar-refractivity contribution in [1.29, 1.82) is 0 Å². The Hall–Kier alpha value is -1.89. The zero-order valence-electron chi connectivity index (χ0n) is 23.4. The van der Waals surface area contributed by atoms with Gasteiger partial charge in [-0.3, -0.25) is 14.5 Å². The number of carbonyl (C=O) groups excluding carboxylic acids is 3. The van der Waals surface area contributed by atoms with Crippen LogP contribution in [0, 0.1) is 5.92 Å². The normalized spacial score (nSPS) is 20.5. The van der Waals surface area contributed by atoms with Crippen molar-refractivity contribution in [2.24, 2.45) is 5.92 Å². The van der Waals surface area contributed by atoms with Crippen LogP contribution in [0.4, 0.5) is 0 Å². The number of rotatable bonds is 9. The topological polar surface area (TPSA) is 79.0 Å². The van der Waals surface area contributed by atoms with Gasteiger partial charge < -0.3 is 15.0 Å². The number of likely N-dealkylation sites (N-methyl/N-ethyl adjacent to an activating group) is 1. The molecule has 2 rings (SSSR count). The Morgan fingerprint density at radius 2 is 1.63 bits per heavy atom. The van der Waals surface area contributed by atoms with E-state index in [-0.39, 0.29) is 29.7 Å². The number of nitrogens with one attached hydrogen (secondary N) is 1. The molecule has 2 fully saturated rings. The molecule has 0 aromatic carbocycles. The third-order valence-electron chi connectivity index (χ3n) is 6.84. The Labute approximate surface area is 214 Å². The molecule has 1 saturated carbocycles. The van der Waals surface area contributed by atoms with Crippen LogP contribution in [0.25, 0.3) is 0 Å². The van der Waals surface area contributed by atoms with Gasteiger partial charge in [0.05, 0.1) is 12.6 Å². The molecule has 0 spiro atoms. The Morgan fingerprint density at radius 3 is 2.20 bits per heavy atom. The van der Waals surface area contributed by atoms with Gasteiger partial charge in [0.2, 0.25) is 11.8 Å². The molecule has 2 atom stereocenters. The number of ether oxygens (including phenoxy) is 1. The van der Waals surface area contributed by atoms with Gasteiger partial charge in [-0.05, 0) is 65.8 Å². The molecule has 1 saturated heterocycles. The summed E-state index contributed by atoms with van der Waals surface area (Å²) in [6.07, 6.45) is 11.3. The van der Waals surface area contributed by atoms with Gasteiger partial charge in [0, 0.05) is 25.2 Å². The van der Waals surface area contributed by atoms with E-state index in [2.05, 4.69) is 37.9 Å². The van der Waals surface area contributed by atoms with E-state index in [0.29, 0.717) is 24.8 Å². The van der Waals surface area contributed by atoms with Gasteiger partial charge >= 0.3 is 5.97 Å². The highest BCUT2D eigenvalue weighted by molar-refractivity contribution is 5.90. The first-order valence-corrected chi connectivity index (χ1v) is 13.8. The lowest BCUT2D eigenvalue weighted by Crippen LogP contribution is -2.58. The molecule has 1 aliphatic heterocycles. The molecule has 202 valence electrons. The number of piperidine rings is 1. The minimum atomic E-state index is -0.514. The van der Waals surface area contributed by atoms with Crippen molar-refractivity contribution in [3.63, 3.8) is 0 Å². The van der Waals surface area contributed by atoms with Crippen molar-refractivity contribution in [3.05, 3.63) is 11.6 Å². The number of hydrogen-bond acceptors (Lipinski definition) is 5. The molecule has 2 amide bonds. The molecule has 2 aliphatic rings. The van der Waals surface area contributed by atoms with Crippen LogP contribution in [0.15, 0.2) is 11.6 Å². The van der Waals surface area contributed by atoms with Gasteiger partial charge in [-0.15, -0.1) is 0 Å². The maximum absolute atomic E-state index is 13.4. The highest BCUT2D eigenvalue weighted by Gasteiger charge is 2.37. The average Bonchev–Trinajstić information content (AvgIpc) is 2.86. The van der Waals surface area contributed by atoms with E-state index in [1.807, 2.05) is 0 Å². The van der Waals surface area contributed by atoms with Gasteiger partial charge in [-0.1, -0.05) is 52.0 Å². The number of hydrogen-bond donors (Lipinski definition) is 1. The molecule has 35 heavy (non-hydrogen) atoms. The lowest BCUT2D eigenvalue weighted by atomic mass is 9.83. The van der Waals surface area contributed by atoms with E-state index in [4.69, 9.17) is 4.74 Å². The Balaban J connectivity index is 0.00000194. The van der Waals surface area contributed by atoms with Gasteiger partial charge in [0.1, 0.15) is 6.04 Å². The molecule has 0 radical (unpaired) electrons. The quantitative estimate of drug-likeness (QED) is 0.372. The van der Waals surface area contributed by atoms with Gasteiger partial charge in [-0.2, -0.15) is 0 Å². The van der Waals surface area contributed by atoms with Crippen LogP contribution in [0.3, 0.4) is 0 Å². The third kappa shape index (κ3) is 10.3. The first-order chi connectivity index (χ1) is 16.7. The summed E-state index contributed by atoms with van der Waals surface area (Å²) in [6, 6.07) is -0.382. The lowest BCUT2D eigenvalue weighted by molar-refractivity contribution is -0.139. The minimum absolute atomic E-state index is 0.0195. The number of nitrogens with zero attached hydrogens (tertiary/aromatic N) is 2. The van der Waals surface area contributed by atoms with Crippen LogP contribution in [-0.2, 0) is 19.1 Å². The smallest absolute Gasteiger partial charge is 0.333 e. The highest BCUT2D eigenvalue weighted by atomic mass is 16.5. The molecule has 0 aromatic heterocycles. The molecule has 7 nitrogen and oxygen atoms in total. The van der Waals surface area contributed by atoms with Crippen molar-refractivity contribution >= 4 is 17.8 Å². The first kappa shape index (κ1) is 31.1. The fourth-order valence-electron chi connectivity index (χ4n) is 4.88. The first-order valence-electron chi connectivity index (χ1n) is 13.8. The monoisotopic (exact) mass is 493 g/mol. The molecule has 2 unspecified atom stereocenters. The summed E-state index contributed by atoms with van der Waals surface area (Å²) in [5.74, 6) is -0.301. The predicted octanol–water partition coefficient (Wildman–Crippen LogP) is 4.70. The van der Waals surface area contributed by atoms with Crippen molar-refractivity contribution in [3.8, 4) is 0 Å². The predicted molar refractivity (Wildman–Crippen MR) is 142 cm³/mol. The second-order valence-corrected chi connectivity index (χ2v) is 10.3. The van der Waals surface area contributed by atoms with E-state index in [0.717, 1.165) is 51.5 Å². The summed E-state index contributed by atoms with van der Waals surface area (Å²) in [6.45, 7) is 13.5. The summed E-state index contributed by atoms with van der Waals surface area (Å²) < 4.78 is 5.02. The zero-order chi connectivity index (χ0) is 26.4. The zero-order valence-corrected chi connectivity index (χ0v) is 23.4. The lowest BCUT2D eigenvalue weighted by Gasteiger charge is -2.39. The second kappa shape index (κ2) is 16.7. The van der Waals surface area contributed by atoms with Gasteiger partial charge in [0.25, 0.3) is 0 Å². The average molecular weight is 494 g/mol. The fourth-order valence-corrected chi connectivity index (χ4v) is 4.88. The van der Waals surface area contributed by atoms with E-state index in [1.165, 1.54) is 12.8 Å². The summed E-state index contributed by atoms with van der Waals surface area (Å²) in [5.41, 5.74) is 0.486. The Kier molecular flexibility index (Phi) is 14.9. The fraction of sp³-hybridized carbons (Fsp3) is 0.821. The standard InChI is InChI=1S/C25H43N3O4.C3H8/c1-6-32-25(31)19(4)15-17-27(5)24(30)22(20-12-8-7-9-13-20)26-23(29)21-14-10-11-16-28(21)18(2)3;1-3-2/h15,18,20-22H,6-14,16-17H2,1-5H3,(H,26,29);3H2,1-2H3/b19-15+;. The van der Waals surface area contributed by atoms with Crippen LogP contribution >= 0.6 is 0 Å². The Bertz CT molecular complexity index is 686. The molecule has 0 bridgehead atoms. The van der Waals surface area contributed by atoms with E-state index in [1.54, 1.807) is 31.9 Å².